The summed E-state index contributed by atoms with van der Waals surface area (Å²) in [5, 5.41) is 14.4. The van der Waals surface area contributed by atoms with Gasteiger partial charge >= 0.3 is 0 Å². The monoisotopic (exact) mass is 281 g/mol. The van der Waals surface area contributed by atoms with Crippen LogP contribution in [0.5, 0.6) is 0 Å². The third-order valence-electron chi connectivity index (χ3n) is 2.54. The fourth-order valence-electron chi connectivity index (χ4n) is 1.66. The first-order valence-corrected chi connectivity index (χ1v) is 5.67. The van der Waals surface area contributed by atoms with E-state index in [9.17, 15) is 5.11 Å². The minimum atomic E-state index is -0.712. The molecule has 1 unspecified atom stereocenters. The van der Waals surface area contributed by atoms with Crippen LogP contribution in [0.4, 0.5) is 0 Å². The van der Waals surface area contributed by atoms with Crippen LogP contribution in [-0.2, 0) is 7.05 Å². The molecule has 0 aliphatic carbocycles. The first-order valence-electron chi connectivity index (χ1n) is 4.88. The van der Waals surface area contributed by atoms with Gasteiger partial charge in [-0.1, -0.05) is 6.07 Å². The predicted octanol–water partition coefficient (Wildman–Crippen LogP) is 1.97. The van der Waals surface area contributed by atoms with E-state index >= 15 is 0 Å². The van der Waals surface area contributed by atoms with Gasteiger partial charge in [0.05, 0.1) is 16.4 Å². The molecule has 0 aliphatic heterocycles. The largest absolute Gasteiger partial charge is 0.382 e. The molecule has 0 bridgehead atoms. The number of aliphatic hydroxyl groups is 1. The van der Waals surface area contributed by atoms with Crippen molar-refractivity contribution in [1.82, 2.24) is 14.8 Å². The van der Waals surface area contributed by atoms with E-state index in [1.54, 1.807) is 24.1 Å². The maximum Gasteiger partial charge on any atom is 0.124 e. The molecule has 1 N–H and O–H groups in total. The Labute approximate surface area is 102 Å². The van der Waals surface area contributed by atoms with Crippen molar-refractivity contribution in [3.05, 3.63) is 46.0 Å². The zero-order chi connectivity index (χ0) is 11.7. The third kappa shape index (κ3) is 1.88. The van der Waals surface area contributed by atoms with E-state index in [0.717, 1.165) is 21.4 Å². The van der Waals surface area contributed by atoms with Gasteiger partial charge in [0.2, 0.25) is 0 Å². The van der Waals surface area contributed by atoms with Crippen LogP contribution >= 0.6 is 15.9 Å². The van der Waals surface area contributed by atoms with E-state index in [0.29, 0.717) is 0 Å². The first kappa shape index (κ1) is 11.3. The summed E-state index contributed by atoms with van der Waals surface area (Å²) in [6.45, 7) is 1.88. The normalized spacial score (nSPS) is 12.8. The van der Waals surface area contributed by atoms with Gasteiger partial charge in [0.15, 0.2) is 0 Å². The average Bonchev–Trinajstić information content (AvgIpc) is 2.58. The molecule has 2 aromatic heterocycles. The Bertz CT molecular complexity index is 490. The molecule has 0 aromatic carbocycles. The van der Waals surface area contributed by atoms with Gasteiger partial charge in [0.25, 0.3) is 0 Å². The molecular weight excluding hydrogens is 270 g/mol. The number of halogens is 1. The van der Waals surface area contributed by atoms with Gasteiger partial charge in [-0.05, 0) is 28.9 Å². The van der Waals surface area contributed by atoms with Crippen LogP contribution < -0.4 is 0 Å². The van der Waals surface area contributed by atoms with Crippen molar-refractivity contribution in [2.45, 2.75) is 13.0 Å². The Morgan fingerprint density at radius 2 is 2.25 bits per heavy atom. The summed E-state index contributed by atoms with van der Waals surface area (Å²) < 4.78 is 2.45. The molecule has 0 spiro atoms. The van der Waals surface area contributed by atoms with E-state index < -0.39 is 6.10 Å². The highest BCUT2D eigenvalue weighted by atomic mass is 79.9. The molecule has 2 rings (SSSR count). The number of pyridine rings is 1. The van der Waals surface area contributed by atoms with E-state index in [-0.39, 0.29) is 0 Å². The molecule has 5 heteroatoms. The summed E-state index contributed by atoms with van der Waals surface area (Å²) in [4.78, 5) is 4.16. The average molecular weight is 282 g/mol. The van der Waals surface area contributed by atoms with Gasteiger partial charge in [-0.3, -0.25) is 9.67 Å². The molecule has 2 heterocycles. The number of aromatic nitrogens is 3. The standard InChI is InChI=1S/C11H12BrN3O/c1-7-8(4-3-5-13-7)11(16)10-9(12)6-14-15(10)2/h3-6,11,16H,1-2H3. The number of rotatable bonds is 2. The van der Waals surface area contributed by atoms with Gasteiger partial charge in [-0.15, -0.1) is 0 Å². The van der Waals surface area contributed by atoms with Gasteiger partial charge in [0.1, 0.15) is 6.10 Å². The second-order valence-electron chi connectivity index (χ2n) is 3.58. The quantitative estimate of drug-likeness (QED) is 0.916. The van der Waals surface area contributed by atoms with Crippen molar-refractivity contribution in [2.75, 3.05) is 0 Å². The smallest absolute Gasteiger partial charge is 0.124 e. The van der Waals surface area contributed by atoms with E-state index in [4.69, 9.17) is 0 Å². The lowest BCUT2D eigenvalue weighted by molar-refractivity contribution is 0.207. The molecular formula is C11H12BrN3O. The fraction of sp³-hybridized carbons (Fsp3) is 0.273. The molecule has 0 fully saturated rings. The molecule has 0 radical (unpaired) electrons. The van der Waals surface area contributed by atoms with Crippen LogP contribution in [0, 0.1) is 6.92 Å². The van der Waals surface area contributed by atoms with Crippen molar-refractivity contribution in [1.29, 1.82) is 0 Å². The second-order valence-corrected chi connectivity index (χ2v) is 4.44. The van der Waals surface area contributed by atoms with Crippen LogP contribution in [-0.4, -0.2) is 19.9 Å². The number of nitrogens with zero attached hydrogens (tertiary/aromatic N) is 3. The zero-order valence-electron chi connectivity index (χ0n) is 9.05. The number of hydrogen-bond donors (Lipinski definition) is 1. The summed E-state index contributed by atoms with van der Waals surface area (Å²) >= 11 is 3.38. The first-order chi connectivity index (χ1) is 7.61. The summed E-state index contributed by atoms with van der Waals surface area (Å²) in [5.41, 5.74) is 2.35. The van der Waals surface area contributed by atoms with Crippen LogP contribution in [0.1, 0.15) is 23.1 Å². The summed E-state index contributed by atoms with van der Waals surface area (Å²) in [5.74, 6) is 0. The highest BCUT2D eigenvalue weighted by molar-refractivity contribution is 9.10. The Hall–Kier alpha value is -1.20. The lowest BCUT2D eigenvalue weighted by atomic mass is 10.1. The lowest BCUT2D eigenvalue weighted by Crippen LogP contribution is -2.09. The second kappa shape index (κ2) is 4.35. The van der Waals surface area contributed by atoms with Gasteiger partial charge < -0.3 is 5.11 Å². The van der Waals surface area contributed by atoms with Crippen LogP contribution in [0.3, 0.4) is 0 Å². The van der Waals surface area contributed by atoms with Crippen LogP contribution in [0.2, 0.25) is 0 Å². The molecule has 16 heavy (non-hydrogen) atoms. The highest BCUT2D eigenvalue weighted by Gasteiger charge is 2.19. The molecule has 84 valence electrons. The molecule has 0 saturated carbocycles. The van der Waals surface area contributed by atoms with Crippen LogP contribution in [0.25, 0.3) is 0 Å². The number of hydrogen-bond acceptors (Lipinski definition) is 3. The summed E-state index contributed by atoms with van der Waals surface area (Å²) in [6, 6.07) is 3.68. The minimum absolute atomic E-state index is 0.712. The third-order valence-corrected chi connectivity index (χ3v) is 3.15. The Balaban J connectivity index is 2.47. The highest BCUT2D eigenvalue weighted by Crippen LogP contribution is 2.28. The van der Waals surface area contributed by atoms with Crippen molar-refractivity contribution in [3.63, 3.8) is 0 Å². The predicted molar refractivity (Wildman–Crippen MR) is 63.9 cm³/mol. The Morgan fingerprint density at radius 3 is 2.81 bits per heavy atom. The topological polar surface area (TPSA) is 50.9 Å². The van der Waals surface area contributed by atoms with E-state index in [1.165, 1.54) is 0 Å². The lowest BCUT2D eigenvalue weighted by Gasteiger charge is -2.13. The van der Waals surface area contributed by atoms with E-state index in [2.05, 4.69) is 26.0 Å². The summed E-state index contributed by atoms with van der Waals surface area (Å²) in [6.07, 6.45) is 2.67. The zero-order valence-corrected chi connectivity index (χ0v) is 10.6. The maximum atomic E-state index is 10.3. The van der Waals surface area contributed by atoms with Gasteiger partial charge in [-0.25, -0.2) is 0 Å². The van der Waals surface area contributed by atoms with Gasteiger partial charge in [0, 0.05) is 24.5 Å². The number of aliphatic hydroxyl groups excluding tert-OH is 1. The fourth-order valence-corrected chi connectivity index (χ4v) is 2.23. The molecule has 4 nitrogen and oxygen atoms in total. The van der Waals surface area contributed by atoms with Gasteiger partial charge in [-0.2, -0.15) is 5.10 Å². The molecule has 2 aromatic rings. The Kier molecular flexibility index (Phi) is 3.07. The molecule has 0 amide bonds. The van der Waals surface area contributed by atoms with E-state index in [1.807, 2.05) is 19.1 Å². The number of aryl methyl sites for hydroxylation is 2. The van der Waals surface area contributed by atoms with Crippen molar-refractivity contribution in [2.24, 2.45) is 7.05 Å². The maximum absolute atomic E-state index is 10.3. The van der Waals surface area contributed by atoms with Crippen molar-refractivity contribution < 1.29 is 5.11 Å². The molecule has 0 saturated heterocycles. The van der Waals surface area contributed by atoms with Crippen molar-refractivity contribution >= 4 is 15.9 Å². The molecule has 0 aliphatic rings. The van der Waals surface area contributed by atoms with Crippen molar-refractivity contribution in [3.8, 4) is 0 Å². The Morgan fingerprint density at radius 1 is 1.50 bits per heavy atom. The minimum Gasteiger partial charge on any atom is -0.382 e. The summed E-state index contributed by atoms with van der Waals surface area (Å²) in [7, 11) is 1.80. The molecule has 1 atom stereocenters. The van der Waals surface area contributed by atoms with Crippen LogP contribution in [0.15, 0.2) is 29.0 Å². The SMILES string of the molecule is Cc1ncccc1C(O)c1c(Br)cnn1C.